The summed E-state index contributed by atoms with van der Waals surface area (Å²) in [5.74, 6) is 0.0651. The van der Waals surface area contributed by atoms with Gasteiger partial charge in [0.05, 0.1) is 23.9 Å². The summed E-state index contributed by atoms with van der Waals surface area (Å²) < 4.78 is 47.6. The largest absolute Gasteiger partial charge is 0.371 e. The molecule has 2 aromatic heterocycles. The number of aromatic nitrogens is 3. The number of alkyl halides is 2. The molecule has 214 valence electrons. The van der Waals surface area contributed by atoms with Gasteiger partial charge in [-0.15, -0.1) is 11.3 Å². The number of fused-ring (bicyclic) bond motifs is 3. The Hall–Kier alpha value is -3.42. The number of carbonyl (C=O) groups is 1. The topological polar surface area (TPSA) is 87.9 Å². The Bertz CT molecular complexity index is 1530. The fraction of sp³-hybridized carbons (Fsp3) is 0.407. The van der Waals surface area contributed by atoms with Crippen LogP contribution in [0.15, 0.2) is 52.7 Å². The lowest BCUT2D eigenvalue weighted by Gasteiger charge is -2.33. The molecule has 7 rings (SSSR count). The van der Waals surface area contributed by atoms with Gasteiger partial charge in [0.25, 0.3) is 0 Å². The van der Waals surface area contributed by atoms with Gasteiger partial charge in [-0.25, -0.2) is 18.9 Å². The summed E-state index contributed by atoms with van der Waals surface area (Å²) in [7, 11) is 0. The predicted octanol–water partition coefficient (Wildman–Crippen LogP) is 5.09. The number of urea groups is 1. The minimum atomic E-state index is -2.82. The van der Waals surface area contributed by atoms with Crippen molar-refractivity contribution < 1.29 is 22.7 Å². The van der Waals surface area contributed by atoms with E-state index < -0.39 is 18.4 Å². The maximum atomic E-state index is 14.0. The zero-order valence-electron chi connectivity index (χ0n) is 21.6. The number of amidine groups is 1. The number of ether oxygens (including phenoxy) is 1. The Morgan fingerprint density at radius 3 is 2.66 bits per heavy atom. The highest BCUT2D eigenvalue weighted by molar-refractivity contribution is 7.11. The van der Waals surface area contributed by atoms with Crippen molar-refractivity contribution in [3.05, 3.63) is 74.8 Å². The highest BCUT2D eigenvalue weighted by atomic mass is 35.5. The quantitative estimate of drug-likeness (QED) is 0.439. The zero-order valence-corrected chi connectivity index (χ0v) is 23.2. The number of amides is 2. The number of halogens is 4. The van der Waals surface area contributed by atoms with Crippen molar-refractivity contribution in [1.29, 1.82) is 0 Å². The summed E-state index contributed by atoms with van der Waals surface area (Å²) in [6.45, 7) is -1.32. The molecule has 3 fully saturated rings. The maximum absolute atomic E-state index is 14.0. The van der Waals surface area contributed by atoms with Crippen LogP contribution in [-0.4, -0.2) is 74.3 Å². The molecule has 9 nitrogen and oxygen atoms in total. The third kappa shape index (κ3) is 4.89. The van der Waals surface area contributed by atoms with Crippen molar-refractivity contribution in [2.45, 2.75) is 50.1 Å². The molecule has 3 aromatic rings. The first-order valence-corrected chi connectivity index (χ1v) is 14.6. The SMILES string of the molecule is O=C(N[C@H]1CC2=C(c3ccn(C(F)F)n3)[C@H](c3ccc(F)cc3Cl)N=C(c3nccs3)N2C1)N1CC2CCC(C1)O2. The molecule has 0 aliphatic carbocycles. The number of likely N-dealkylation sites (tertiary alicyclic amines) is 1. The van der Waals surface area contributed by atoms with Crippen molar-refractivity contribution in [3.63, 3.8) is 0 Å². The van der Waals surface area contributed by atoms with Crippen molar-refractivity contribution in [2.24, 2.45) is 4.99 Å². The molecule has 4 aliphatic rings. The number of hydrogen-bond acceptors (Lipinski definition) is 7. The lowest BCUT2D eigenvalue weighted by Crippen LogP contribution is -2.52. The fourth-order valence-corrected chi connectivity index (χ4v) is 7.01. The van der Waals surface area contributed by atoms with Gasteiger partial charge in [0.1, 0.15) is 11.9 Å². The van der Waals surface area contributed by atoms with Gasteiger partial charge in [0.15, 0.2) is 10.8 Å². The second-order valence-electron chi connectivity index (χ2n) is 10.5. The number of rotatable bonds is 5. The predicted molar refractivity (Wildman–Crippen MR) is 146 cm³/mol. The van der Waals surface area contributed by atoms with E-state index in [-0.39, 0.29) is 29.3 Å². The molecule has 4 aliphatic heterocycles. The summed E-state index contributed by atoms with van der Waals surface area (Å²) in [5, 5.41) is 9.98. The molecule has 0 saturated carbocycles. The number of thiazole rings is 1. The monoisotopic (exact) mass is 603 g/mol. The fourth-order valence-electron chi connectivity index (χ4n) is 6.10. The first-order chi connectivity index (χ1) is 19.8. The van der Waals surface area contributed by atoms with Gasteiger partial charge < -0.3 is 19.9 Å². The molecule has 2 amide bonds. The van der Waals surface area contributed by atoms with Crippen molar-refractivity contribution >= 4 is 40.4 Å². The van der Waals surface area contributed by atoms with E-state index in [0.717, 1.165) is 18.5 Å². The molecule has 1 N–H and O–H groups in total. The van der Waals surface area contributed by atoms with E-state index in [1.165, 1.54) is 35.7 Å². The average Bonchev–Trinajstić information content (AvgIpc) is 3.75. The van der Waals surface area contributed by atoms with Gasteiger partial charge in [-0.05, 0) is 31.0 Å². The molecule has 2 bridgehead atoms. The van der Waals surface area contributed by atoms with E-state index in [2.05, 4.69) is 15.4 Å². The van der Waals surface area contributed by atoms with Crippen LogP contribution < -0.4 is 5.32 Å². The first kappa shape index (κ1) is 26.5. The maximum Gasteiger partial charge on any atom is 0.333 e. The second-order valence-corrected chi connectivity index (χ2v) is 11.8. The number of benzene rings is 1. The molecule has 1 aromatic carbocycles. The normalized spacial score (nSPS) is 25.6. The molecular formula is C27H25ClF3N7O2S. The number of nitrogens with one attached hydrogen (secondary N) is 1. The minimum Gasteiger partial charge on any atom is -0.371 e. The summed E-state index contributed by atoms with van der Waals surface area (Å²) in [6.07, 6.45) is 5.33. The third-order valence-corrected chi connectivity index (χ3v) is 8.98. The van der Waals surface area contributed by atoms with E-state index >= 15 is 0 Å². The summed E-state index contributed by atoms with van der Waals surface area (Å²) in [6, 6.07) is 4.33. The van der Waals surface area contributed by atoms with Crippen LogP contribution >= 0.6 is 22.9 Å². The first-order valence-electron chi connectivity index (χ1n) is 13.3. The Morgan fingerprint density at radius 1 is 1.17 bits per heavy atom. The number of nitrogens with zero attached hydrogens (tertiary/aromatic N) is 6. The summed E-state index contributed by atoms with van der Waals surface area (Å²) in [4.78, 5) is 26.6. The van der Waals surface area contributed by atoms with Crippen LogP contribution in [-0.2, 0) is 4.74 Å². The van der Waals surface area contributed by atoms with Crippen LogP contribution in [0.3, 0.4) is 0 Å². The number of carbonyl (C=O) groups excluding carboxylic acids is 1. The van der Waals surface area contributed by atoms with Crippen molar-refractivity contribution in [2.75, 3.05) is 19.6 Å². The van der Waals surface area contributed by atoms with Crippen LogP contribution in [0.1, 0.15) is 48.1 Å². The molecule has 41 heavy (non-hydrogen) atoms. The lowest BCUT2D eigenvalue weighted by molar-refractivity contribution is -0.0240. The van der Waals surface area contributed by atoms with Crippen LogP contribution in [0.25, 0.3) is 5.57 Å². The minimum absolute atomic E-state index is 0.0681. The standard InChI is InChI=1S/C27H25ClF3N7O2S/c28-19-9-14(29)1-4-18(19)23-22(20-5-7-38(35-20)26(30)31)21-10-15(11-37(21)24(34-23)25-32-6-8-41-25)33-27(39)36-12-16-2-3-17(13-36)40-16/h1,4-9,15-17,23,26H,2-3,10-13H2,(H,33,39)/t15-,16?,17?,23-/m0/s1. The van der Waals surface area contributed by atoms with Crippen molar-refractivity contribution in [1.82, 2.24) is 29.9 Å². The van der Waals surface area contributed by atoms with E-state index in [9.17, 15) is 18.0 Å². The molecular weight excluding hydrogens is 579 g/mol. The Labute approximate surface area is 242 Å². The Balaban J connectivity index is 1.29. The number of morpholine rings is 1. The Kier molecular flexibility index (Phi) is 6.75. The van der Waals surface area contributed by atoms with Gasteiger partial charge in [-0.2, -0.15) is 13.9 Å². The molecule has 0 spiro atoms. The van der Waals surface area contributed by atoms with Gasteiger partial charge in [-0.1, -0.05) is 17.7 Å². The van der Waals surface area contributed by atoms with E-state index in [1.54, 1.807) is 17.2 Å². The van der Waals surface area contributed by atoms with Crippen LogP contribution in [0.4, 0.5) is 18.0 Å². The van der Waals surface area contributed by atoms with Gasteiger partial charge in [0, 0.05) is 65.7 Å². The van der Waals surface area contributed by atoms with Crippen LogP contribution in [0.5, 0.6) is 0 Å². The van der Waals surface area contributed by atoms with Gasteiger partial charge in [0.2, 0.25) is 0 Å². The third-order valence-electron chi connectivity index (χ3n) is 7.88. The smallest absolute Gasteiger partial charge is 0.333 e. The van der Waals surface area contributed by atoms with E-state index in [4.69, 9.17) is 21.3 Å². The van der Waals surface area contributed by atoms with E-state index in [1.807, 2.05) is 10.3 Å². The molecule has 3 saturated heterocycles. The van der Waals surface area contributed by atoms with E-state index in [0.29, 0.717) is 58.4 Å². The van der Waals surface area contributed by atoms with Gasteiger partial charge in [-0.3, -0.25) is 4.99 Å². The number of aliphatic imine (C=N–C) groups is 1. The molecule has 0 radical (unpaired) electrons. The number of hydrogen-bond donors (Lipinski definition) is 1. The van der Waals surface area contributed by atoms with Crippen LogP contribution in [0.2, 0.25) is 5.02 Å². The lowest BCUT2D eigenvalue weighted by atomic mass is 9.92. The Morgan fingerprint density at radius 2 is 1.98 bits per heavy atom. The average molecular weight is 604 g/mol. The zero-order chi connectivity index (χ0) is 28.2. The molecule has 6 heterocycles. The molecule has 4 atom stereocenters. The van der Waals surface area contributed by atoms with Crippen molar-refractivity contribution in [3.8, 4) is 0 Å². The van der Waals surface area contributed by atoms with Gasteiger partial charge >= 0.3 is 12.6 Å². The van der Waals surface area contributed by atoms with Crippen LogP contribution in [0, 0.1) is 5.82 Å². The highest BCUT2D eigenvalue weighted by Gasteiger charge is 2.42. The summed E-state index contributed by atoms with van der Waals surface area (Å²) >= 11 is 7.93. The molecule has 2 unspecified atom stereocenters. The second kappa shape index (κ2) is 10.4. The summed E-state index contributed by atoms with van der Waals surface area (Å²) in [5.41, 5.74) is 2.14. The molecule has 14 heteroatoms. The highest BCUT2D eigenvalue weighted by Crippen LogP contribution is 2.46.